The van der Waals surface area contributed by atoms with Gasteiger partial charge >= 0.3 is 5.63 Å². The van der Waals surface area contributed by atoms with E-state index in [1.807, 2.05) is 57.2 Å². The van der Waals surface area contributed by atoms with Crippen molar-refractivity contribution in [1.82, 2.24) is 5.32 Å². The Kier molecular flexibility index (Phi) is 4.80. The first kappa shape index (κ1) is 17.7. The van der Waals surface area contributed by atoms with Crippen LogP contribution in [0.3, 0.4) is 0 Å². The fraction of sp³-hybridized carbons (Fsp3) is 0.238. The Hall–Kier alpha value is -3.08. The minimum absolute atomic E-state index is 0.106. The number of ether oxygens (including phenoxy) is 1. The Bertz CT molecular complexity index is 984. The zero-order valence-electron chi connectivity index (χ0n) is 15.0. The van der Waals surface area contributed by atoms with Gasteiger partial charge in [-0.25, -0.2) is 4.79 Å². The third kappa shape index (κ3) is 4.30. The molecule has 0 atom stereocenters. The van der Waals surface area contributed by atoms with E-state index in [1.165, 1.54) is 6.07 Å². The van der Waals surface area contributed by atoms with Gasteiger partial charge in [0.15, 0.2) is 6.61 Å². The third-order valence-electron chi connectivity index (χ3n) is 3.69. The van der Waals surface area contributed by atoms with Crippen molar-refractivity contribution < 1.29 is 13.9 Å². The summed E-state index contributed by atoms with van der Waals surface area (Å²) in [6.07, 6.45) is 0. The highest BCUT2D eigenvalue weighted by Crippen LogP contribution is 2.29. The van der Waals surface area contributed by atoms with Gasteiger partial charge in [-0.2, -0.15) is 0 Å². The largest absolute Gasteiger partial charge is 0.484 e. The molecule has 0 aliphatic heterocycles. The van der Waals surface area contributed by atoms with Crippen molar-refractivity contribution >= 4 is 16.9 Å². The van der Waals surface area contributed by atoms with Crippen LogP contribution in [0.15, 0.2) is 63.8 Å². The number of fused-ring (bicyclic) bond motifs is 1. The lowest BCUT2D eigenvalue weighted by Crippen LogP contribution is -2.43. The normalized spacial score (nSPS) is 11.3. The van der Waals surface area contributed by atoms with E-state index in [9.17, 15) is 9.59 Å². The number of hydrogen-bond donors (Lipinski definition) is 1. The number of hydrogen-bond acceptors (Lipinski definition) is 4. The van der Waals surface area contributed by atoms with Crippen LogP contribution in [-0.2, 0) is 4.79 Å². The van der Waals surface area contributed by atoms with Gasteiger partial charge in [-0.15, -0.1) is 0 Å². The first-order valence-corrected chi connectivity index (χ1v) is 8.39. The second kappa shape index (κ2) is 7.04. The van der Waals surface area contributed by atoms with E-state index in [4.69, 9.17) is 9.15 Å². The molecule has 2 aromatic carbocycles. The van der Waals surface area contributed by atoms with Crippen molar-refractivity contribution in [3.8, 4) is 16.9 Å². The molecule has 1 N–H and O–H groups in total. The lowest BCUT2D eigenvalue weighted by Gasteiger charge is -2.20. The number of carbonyl (C=O) groups is 1. The van der Waals surface area contributed by atoms with E-state index in [1.54, 1.807) is 12.1 Å². The highest BCUT2D eigenvalue weighted by molar-refractivity contribution is 5.93. The molecule has 0 saturated carbocycles. The minimum Gasteiger partial charge on any atom is -0.484 e. The summed E-state index contributed by atoms with van der Waals surface area (Å²) in [5.41, 5.74) is 1.41. The van der Waals surface area contributed by atoms with E-state index >= 15 is 0 Å². The number of nitrogens with one attached hydrogen (secondary N) is 1. The molecule has 5 nitrogen and oxygen atoms in total. The van der Waals surface area contributed by atoms with E-state index in [0.29, 0.717) is 11.3 Å². The molecular weight excluding hydrogens is 330 g/mol. The molecule has 3 rings (SSSR count). The highest BCUT2D eigenvalue weighted by Gasteiger charge is 2.14. The van der Waals surface area contributed by atoms with Gasteiger partial charge in [0.05, 0.1) is 0 Å². The van der Waals surface area contributed by atoms with Crippen molar-refractivity contribution in [3.63, 3.8) is 0 Å². The number of amides is 1. The standard InChI is InChI=1S/C21H21NO4/c1-21(2,3)22-19(23)13-25-15-9-10-16-17(14-7-5-4-6-8-14)12-20(24)26-18(16)11-15/h4-12H,13H2,1-3H3,(H,22,23). The maximum Gasteiger partial charge on any atom is 0.336 e. The Morgan fingerprint density at radius 1 is 1.08 bits per heavy atom. The number of carbonyl (C=O) groups excluding carboxylic acids is 1. The fourth-order valence-corrected chi connectivity index (χ4v) is 2.69. The van der Waals surface area contributed by atoms with Gasteiger partial charge in [-0.3, -0.25) is 4.79 Å². The highest BCUT2D eigenvalue weighted by atomic mass is 16.5. The number of benzene rings is 2. The van der Waals surface area contributed by atoms with Crippen molar-refractivity contribution in [1.29, 1.82) is 0 Å². The van der Waals surface area contributed by atoms with Crippen LogP contribution in [-0.4, -0.2) is 18.1 Å². The summed E-state index contributed by atoms with van der Waals surface area (Å²) >= 11 is 0. The minimum atomic E-state index is -0.432. The van der Waals surface area contributed by atoms with Crippen molar-refractivity contribution in [2.24, 2.45) is 0 Å². The Labute approximate surface area is 151 Å². The van der Waals surface area contributed by atoms with Crippen LogP contribution in [0.2, 0.25) is 0 Å². The zero-order chi connectivity index (χ0) is 18.7. The molecule has 0 aliphatic rings. The molecular formula is C21H21NO4. The first-order valence-electron chi connectivity index (χ1n) is 8.39. The SMILES string of the molecule is CC(C)(C)NC(=O)COc1ccc2c(-c3ccccc3)cc(=O)oc2c1. The zero-order valence-corrected chi connectivity index (χ0v) is 15.0. The molecule has 0 fully saturated rings. The van der Waals surface area contributed by atoms with E-state index in [-0.39, 0.29) is 18.1 Å². The summed E-state index contributed by atoms with van der Waals surface area (Å²) in [6.45, 7) is 5.60. The molecule has 3 aromatic rings. The van der Waals surface area contributed by atoms with Gasteiger partial charge in [0.2, 0.25) is 0 Å². The average molecular weight is 351 g/mol. The summed E-state index contributed by atoms with van der Waals surface area (Å²) in [4.78, 5) is 23.8. The van der Waals surface area contributed by atoms with Gasteiger partial charge in [-0.1, -0.05) is 30.3 Å². The lowest BCUT2D eigenvalue weighted by molar-refractivity contribution is -0.124. The Morgan fingerprint density at radius 3 is 2.50 bits per heavy atom. The molecule has 0 unspecified atom stereocenters. The van der Waals surface area contributed by atoms with Crippen LogP contribution in [0.5, 0.6) is 5.75 Å². The lowest BCUT2D eigenvalue weighted by atomic mass is 10.0. The molecule has 26 heavy (non-hydrogen) atoms. The summed E-state index contributed by atoms with van der Waals surface area (Å²) in [5, 5.41) is 3.64. The van der Waals surface area contributed by atoms with Crippen LogP contribution in [0, 0.1) is 0 Å². The van der Waals surface area contributed by atoms with Gasteiger partial charge < -0.3 is 14.5 Å². The monoisotopic (exact) mass is 351 g/mol. The predicted octanol–water partition coefficient (Wildman–Crippen LogP) is 3.75. The van der Waals surface area contributed by atoms with Gasteiger partial charge in [0, 0.05) is 23.1 Å². The molecule has 1 heterocycles. The molecule has 1 aromatic heterocycles. The van der Waals surface area contributed by atoms with Crippen molar-refractivity contribution in [2.45, 2.75) is 26.3 Å². The maximum absolute atomic E-state index is 11.9. The predicted molar refractivity (Wildman–Crippen MR) is 101 cm³/mol. The molecule has 5 heteroatoms. The van der Waals surface area contributed by atoms with Crippen LogP contribution in [0.1, 0.15) is 20.8 Å². The van der Waals surface area contributed by atoms with E-state index in [2.05, 4.69) is 5.32 Å². The molecule has 134 valence electrons. The van der Waals surface area contributed by atoms with Gasteiger partial charge in [0.25, 0.3) is 5.91 Å². The Balaban J connectivity index is 1.88. The molecule has 0 bridgehead atoms. The van der Waals surface area contributed by atoms with E-state index in [0.717, 1.165) is 16.5 Å². The van der Waals surface area contributed by atoms with Crippen LogP contribution < -0.4 is 15.7 Å². The molecule has 0 saturated heterocycles. The second-order valence-corrected chi connectivity index (χ2v) is 7.09. The molecule has 0 aliphatic carbocycles. The van der Waals surface area contributed by atoms with Gasteiger partial charge in [0.1, 0.15) is 11.3 Å². The van der Waals surface area contributed by atoms with Crippen LogP contribution >= 0.6 is 0 Å². The third-order valence-corrected chi connectivity index (χ3v) is 3.69. The first-order chi connectivity index (χ1) is 12.3. The molecule has 1 amide bonds. The number of rotatable bonds is 4. The maximum atomic E-state index is 11.9. The summed E-state index contributed by atoms with van der Waals surface area (Å²) in [5.74, 6) is 0.256. The van der Waals surface area contributed by atoms with Crippen LogP contribution in [0.25, 0.3) is 22.1 Å². The van der Waals surface area contributed by atoms with E-state index < -0.39 is 5.63 Å². The average Bonchev–Trinajstić information content (AvgIpc) is 2.58. The fourth-order valence-electron chi connectivity index (χ4n) is 2.69. The molecule has 0 radical (unpaired) electrons. The van der Waals surface area contributed by atoms with Crippen LogP contribution in [0.4, 0.5) is 0 Å². The summed E-state index contributed by atoms with van der Waals surface area (Å²) in [6, 6.07) is 16.3. The second-order valence-electron chi connectivity index (χ2n) is 7.09. The topological polar surface area (TPSA) is 68.5 Å². The van der Waals surface area contributed by atoms with Crippen molar-refractivity contribution in [2.75, 3.05) is 6.61 Å². The smallest absolute Gasteiger partial charge is 0.336 e. The summed E-state index contributed by atoms with van der Waals surface area (Å²) in [7, 11) is 0. The molecule has 0 spiro atoms. The quantitative estimate of drug-likeness (QED) is 0.727. The summed E-state index contributed by atoms with van der Waals surface area (Å²) < 4.78 is 10.8. The van der Waals surface area contributed by atoms with Crippen molar-refractivity contribution in [3.05, 3.63) is 65.0 Å². The Morgan fingerprint density at radius 2 is 1.81 bits per heavy atom. The van der Waals surface area contributed by atoms with Gasteiger partial charge in [-0.05, 0) is 44.0 Å².